The van der Waals surface area contributed by atoms with Crippen LogP contribution in [0.3, 0.4) is 0 Å². The third-order valence-corrected chi connectivity index (χ3v) is 3.03. The van der Waals surface area contributed by atoms with Crippen LogP contribution in [0.15, 0.2) is 48.9 Å². The van der Waals surface area contributed by atoms with Gasteiger partial charge in [0.05, 0.1) is 11.9 Å². The molecule has 1 N–H and O–H groups in total. The number of nitrogens with one attached hydrogen (secondary N) is 1. The van der Waals surface area contributed by atoms with Gasteiger partial charge in [0.2, 0.25) is 0 Å². The van der Waals surface area contributed by atoms with E-state index in [1.807, 2.05) is 30.3 Å². The maximum absolute atomic E-state index is 4.43. The summed E-state index contributed by atoms with van der Waals surface area (Å²) in [5, 5.41) is 11.5. The first kappa shape index (κ1) is 13.2. The predicted octanol–water partition coefficient (Wildman–Crippen LogP) is 2.55. The molecule has 0 aliphatic heterocycles. The number of nitrogens with zero attached hydrogens (tertiary/aromatic N) is 5. The van der Waals surface area contributed by atoms with Gasteiger partial charge in [0.1, 0.15) is 11.4 Å². The molecular formula is C15H16N6. The predicted molar refractivity (Wildman–Crippen MR) is 81.2 cm³/mol. The van der Waals surface area contributed by atoms with E-state index in [1.54, 1.807) is 23.3 Å². The summed E-state index contributed by atoms with van der Waals surface area (Å²) in [6.45, 7) is 2.96. The van der Waals surface area contributed by atoms with Crippen LogP contribution in [0.4, 0.5) is 5.82 Å². The highest BCUT2D eigenvalue weighted by atomic mass is 15.4. The molecule has 6 heteroatoms. The fraction of sp³-hybridized carbons (Fsp3) is 0.200. The molecule has 0 aliphatic carbocycles. The average molecular weight is 280 g/mol. The molecule has 106 valence electrons. The standard InChI is InChI=1S/C15H16N6/c1-2-8-17-15-14(16-9-10-18-15)13-11-19-20-21(13)12-6-4-3-5-7-12/h3-7,9-11H,2,8H2,1H3,(H,17,18). The lowest BCUT2D eigenvalue weighted by molar-refractivity contribution is 0.805. The van der Waals surface area contributed by atoms with Crippen LogP contribution in [0, 0.1) is 0 Å². The Morgan fingerprint density at radius 3 is 2.71 bits per heavy atom. The van der Waals surface area contributed by atoms with Crippen LogP contribution in [0.1, 0.15) is 13.3 Å². The van der Waals surface area contributed by atoms with E-state index in [0.717, 1.165) is 35.9 Å². The summed E-state index contributed by atoms with van der Waals surface area (Å²) in [5.74, 6) is 0.749. The molecule has 2 aromatic heterocycles. The lowest BCUT2D eigenvalue weighted by atomic mass is 10.2. The van der Waals surface area contributed by atoms with Gasteiger partial charge in [-0.2, -0.15) is 0 Å². The number of anilines is 1. The smallest absolute Gasteiger partial charge is 0.154 e. The van der Waals surface area contributed by atoms with E-state index in [9.17, 15) is 0 Å². The average Bonchev–Trinajstić information content (AvgIpc) is 3.03. The zero-order chi connectivity index (χ0) is 14.5. The van der Waals surface area contributed by atoms with Crippen molar-refractivity contribution in [1.82, 2.24) is 25.0 Å². The molecule has 0 fully saturated rings. The molecule has 0 bridgehead atoms. The zero-order valence-corrected chi connectivity index (χ0v) is 11.8. The van der Waals surface area contributed by atoms with E-state index in [2.05, 4.69) is 32.5 Å². The first-order valence-corrected chi connectivity index (χ1v) is 6.91. The molecular weight excluding hydrogens is 264 g/mol. The fourth-order valence-electron chi connectivity index (χ4n) is 2.05. The van der Waals surface area contributed by atoms with Crippen molar-refractivity contribution in [2.24, 2.45) is 0 Å². The molecule has 0 radical (unpaired) electrons. The Morgan fingerprint density at radius 1 is 1.10 bits per heavy atom. The van der Waals surface area contributed by atoms with Gasteiger partial charge in [-0.25, -0.2) is 14.6 Å². The molecule has 2 heterocycles. The van der Waals surface area contributed by atoms with Gasteiger partial charge >= 0.3 is 0 Å². The molecule has 3 rings (SSSR count). The van der Waals surface area contributed by atoms with Crippen molar-refractivity contribution in [2.75, 3.05) is 11.9 Å². The minimum atomic E-state index is 0.749. The molecule has 0 spiro atoms. The monoisotopic (exact) mass is 280 g/mol. The molecule has 0 amide bonds. The second-order valence-electron chi connectivity index (χ2n) is 4.55. The lowest BCUT2D eigenvalue weighted by Crippen LogP contribution is -2.07. The number of hydrogen-bond donors (Lipinski definition) is 1. The van der Waals surface area contributed by atoms with Gasteiger partial charge in [-0.3, -0.25) is 0 Å². The summed E-state index contributed by atoms with van der Waals surface area (Å²) in [4.78, 5) is 8.80. The SMILES string of the molecule is CCCNc1nccnc1-c1cnnn1-c1ccccc1. The topological polar surface area (TPSA) is 68.5 Å². The van der Waals surface area contributed by atoms with E-state index in [4.69, 9.17) is 0 Å². The minimum Gasteiger partial charge on any atom is -0.368 e. The normalized spacial score (nSPS) is 10.5. The Balaban J connectivity index is 2.05. The van der Waals surface area contributed by atoms with Crippen molar-refractivity contribution in [1.29, 1.82) is 0 Å². The van der Waals surface area contributed by atoms with E-state index in [0.29, 0.717) is 0 Å². The highest BCUT2D eigenvalue weighted by Gasteiger charge is 2.14. The summed E-state index contributed by atoms with van der Waals surface area (Å²) in [7, 11) is 0. The maximum Gasteiger partial charge on any atom is 0.154 e. The van der Waals surface area contributed by atoms with Crippen LogP contribution in [-0.4, -0.2) is 31.5 Å². The Kier molecular flexibility index (Phi) is 3.86. The van der Waals surface area contributed by atoms with Gasteiger partial charge in [0, 0.05) is 18.9 Å². The number of aromatic nitrogens is 5. The maximum atomic E-state index is 4.43. The van der Waals surface area contributed by atoms with Gasteiger partial charge in [-0.05, 0) is 18.6 Å². The van der Waals surface area contributed by atoms with Gasteiger partial charge in [0.15, 0.2) is 5.82 Å². The second-order valence-corrected chi connectivity index (χ2v) is 4.55. The first-order chi connectivity index (χ1) is 10.4. The fourth-order valence-corrected chi connectivity index (χ4v) is 2.05. The number of para-hydroxylation sites is 1. The molecule has 0 saturated carbocycles. The first-order valence-electron chi connectivity index (χ1n) is 6.91. The number of rotatable bonds is 5. The third kappa shape index (κ3) is 2.74. The Bertz CT molecular complexity index is 707. The molecule has 1 aromatic carbocycles. The van der Waals surface area contributed by atoms with Crippen molar-refractivity contribution in [3.05, 3.63) is 48.9 Å². The van der Waals surface area contributed by atoms with E-state index in [1.165, 1.54) is 0 Å². The third-order valence-electron chi connectivity index (χ3n) is 3.03. The Hall–Kier alpha value is -2.76. The van der Waals surface area contributed by atoms with Crippen molar-refractivity contribution < 1.29 is 0 Å². The van der Waals surface area contributed by atoms with Gasteiger partial charge in [-0.1, -0.05) is 30.3 Å². The van der Waals surface area contributed by atoms with Gasteiger partial charge in [0.25, 0.3) is 0 Å². The van der Waals surface area contributed by atoms with Crippen LogP contribution >= 0.6 is 0 Å². The largest absolute Gasteiger partial charge is 0.368 e. The van der Waals surface area contributed by atoms with Crippen molar-refractivity contribution in [3.63, 3.8) is 0 Å². The van der Waals surface area contributed by atoms with Crippen LogP contribution in [0.25, 0.3) is 17.1 Å². The molecule has 0 atom stereocenters. The molecule has 6 nitrogen and oxygen atoms in total. The highest BCUT2D eigenvalue weighted by molar-refractivity contribution is 5.69. The molecule has 21 heavy (non-hydrogen) atoms. The van der Waals surface area contributed by atoms with Crippen LogP contribution in [0.5, 0.6) is 0 Å². The molecule has 0 saturated heterocycles. The Labute approximate surface area is 122 Å². The summed E-state index contributed by atoms with van der Waals surface area (Å²) in [6, 6.07) is 9.86. The zero-order valence-electron chi connectivity index (χ0n) is 11.8. The van der Waals surface area contributed by atoms with Crippen molar-refractivity contribution in [3.8, 4) is 17.1 Å². The molecule has 3 aromatic rings. The summed E-state index contributed by atoms with van der Waals surface area (Å²) >= 11 is 0. The van der Waals surface area contributed by atoms with Gasteiger partial charge < -0.3 is 5.32 Å². The van der Waals surface area contributed by atoms with Crippen molar-refractivity contribution in [2.45, 2.75) is 13.3 Å². The highest BCUT2D eigenvalue weighted by Crippen LogP contribution is 2.24. The summed E-state index contributed by atoms with van der Waals surface area (Å²) in [6.07, 6.45) is 6.08. The van der Waals surface area contributed by atoms with E-state index >= 15 is 0 Å². The molecule has 0 aliphatic rings. The van der Waals surface area contributed by atoms with E-state index in [-0.39, 0.29) is 0 Å². The van der Waals surface area contributed by atoms with Gasteiger partial charge in [-0.15, -0.1) is 5.10 Å². The summed E-state index contributed by atoms with van der Waals surface area (Å²) < 4.78 is 1.77. The summed E-state index contributed by atoms with van der Waals surface area (Å²) in [5.41, 5.74) is 2.50. The van der Waals surface area contributed by atoms with Crippen LogP contribution < -0.4 is 5.32 Å². The van der Waals surface area contributed by atoms with Crippen LogP contribution in [0.2, 0.25) is 0 Å². The van der Waals surface area contributed by atoms with Crippen LogP contribution in [-0.2, 0) is 0 Å². The Morgan fingerprint density at radius 2 is 1.90 bits per heavy atom. The minimum absolute atomic E-state index is 0.749. The molecule has 0 unspecified atom stereocenters. The number of benzene rings is 1. The quantitative estimate of drug-likeness (QED) is 0.778. The second kappa shape index (κ2) is 6.13. The number of hydrogen-bond acceptors (Lipinski definition) is 5. The lowest BCUT2D eigenvalue weighted by Gasteiger charge is -2.10. The van der Waals surface area contributed by atoms with Crippen molar-refractivity contribution >= 4 is 5.82 Å². The van der Waals surface area contributed by atoms with E-state index < -0.39 is 0 Å².